The quantitative estimate of drug-likeness (QED) is 0.313. The second-order valence-corrected chi connectivity index (χ2v) is 0. The van der Waals surface area contributed by atoms with Crippen molar-refractivity contribution in [3.8, 4) is 0 Å². The van der Waals surface area contributed by atoms with Crippen molar-refractivity contribution in [3.05, 3.63) is 0 Å². The Morgan fingerprint density at radius 3 is 0.455 bits per heavy atom. The van der Waals surface area contributed by atoms with Crippen LogP contribution in [0.15, 0.2) is 0 Å². The summed E-state index contributed by atoms with van der Waals surface area (Å²) in [5, 5.41) is 0. The molecule has 80 valence electrons. The predicted molar refractivity (Wildman–Crippen MR) is 2.06 cm³/mol. The van der Waals surface area contributed by atoms with Crippen LogP contribution in [0.5, 0.6) is 0 Å². The summed E-state index contributed by atoms with van der Waals surface area (Å²) in [7, 11) is 0. The van der Waals surface area contributed by atoms with E-state index in [-0.39, 0.29) is 202 Å². The van der Waals surface area contributed by atoms with E-state index in [1.165, 1.54) is 0 Å². The van der Waals surface area contributed by atoms with Gasteiger partial charge in [-0.2, -0.15) is 0 Å². The van der Waals surface area contributed by atoms with Gasteiger partial charge in [-0.3, -0.25) is 0 Å². The third kappa shape index (κ3) is 90.4. The fraction of sp³-hybridized carbons (Fsp3) is 0. The van der Waals surface area contributed by atoms with Gasteiger partial charge < -0.3 is 16.4 Å². The van der Waals surface area contributed by atoms with Crippen LogP contribution in [0.25, 0.3) is 0 Å². The molecule has 0 aliphatic heterocycles. The van der Waals surface area contributed by atoms with E-state index in [1.54, 1.807) is 0 Å². The first-order chi connectivity index (χ1) is 0. The van der Waals surface area contributed by atoms with E-state index in [0.29, 0.717) is 0 Å². The SMILES string of the molecule is [Ce+3].[Ce+3].[Co].[Co].[Cu].[Cu].[Mn].[Mn].[O-2].[O-2].[O-2]. The third-order valence-electron chi connectivity index (χ3n) is 0. The van der Waals surface area contributed by atoms with Crippen LogP contribution in [-0.4, -0.2) is 0 Å². The Morgan fingerprint density at radius 1 is 0.455 bits per heavy atom. The van der Waals surface area contributed by atoms with Crippen LogP contribution in [0.3, 0.4) is 0 Å². The van der Waals surface area contributed by atoms with E-state index < -0.39 is 0 Å². The monoisotopic (exact) mass is 681 g/mol. The molecule has 0 atom stereocenters. The minimum absolute atomic E-state index is 0. The molecule has 0 fully saturated rings. The fourth-order valence-corrected chi connectivity index (χ4v) is 0. The van der Waals surface area contributed by atoms with Gasteiger partial charge in [0.25, 0.3) is 0 Å². The van der Waals surface area contributed by atoms with E-state index in [4.69, 9.17) is 0 Å². The Morgan fingerprint density at radius 2 is 0.455 bits per heavy atom. The molecule has 0 aliphatic carbocycles. The van der Waals surface area contributed by atoms with Crippen LogP contribution >= 0.6 is 0 Å². The second-order valence-electron chi connectivity index (χ2n) is 0. The Hall–Kier alpha value is 5.72. The van der Waals surface area contributed by atoms with Crippen molar-refractivity contribution in [2.24, 2.45) is 0 Å². The molecule has 0 aliphatic rings. The first-order valence-corrected chi connectivity index (χ1v) is 0. The molecule has 0 saturated carbocycles. The van der Waals surface area contributed by atoms with Crippen molar-refractivity contribution in [3.63, 3.8) is 0 Å². The van der Waals surface area contributed by atoms with Gasteiger partial charge in [-0.1, -0.05) is 0 Å². The topological polar surface area (TPSA) is 85.5 Å². The van der Waals surface area contributed by atoms with Gasteiger partial charge in [-0.15, -0.1) is 0 Å². The summed E-state index contributed by atoms with van der Waals surface area (Å²) >= 11 is 0. The van der Waals surface area contributed by atoms with E-state index >= 15 is 0 Å². The molecule has 0 N–H and O–H groups in total. The largest absolute Gasteiger partial charge is 3.00 e. The van der Waals surface area contributed by atoms with Crippen molar-refractivity contribution in [1.82, 2.24) is 0 Å². The molecule has 0 unspecified atom stereocenters. The van der Waals surface area contributed by atoms with Gasteiger partial charge in [0.15, 0.2) is 0 Å². The summed E-state index contributed by atoms with van der Waals surface area (Å²) in [6, 6.07) is 0. The minimum Gasteiger partial charge on any atom is -2.00 e. The van der Waals surface area contributed by atoms with Crippen LogP contribution in [-0.2, 0) is 118 Å². The fourth-order valence-electron chi connectivity index (χ4n) is 0. The molecule has 0 amide bonds. The maximum atomic E-state index is 0. The van der Waals surface area contributed by atoms with Crippen LogP contribution in [0.2, 0.25) is 0 Å². The summed E-state index contributed by atoms with van der Waals surface area (Å²) in [6.45, 7) is 0. The molecule has 0 aromatic rings. The van der Waals surface area contributed by atoms with Crippen LogP contribution in [0.4, 0.5) is 0 Å². The zero-order chi connectivity index (χ0) is 0. The van der Waals surface area contributed by atoms with Gasteiger partial charge >= 0.3 is 83.5 Å². The molecule has 0 saturated heterocycles. The summed E-state index contributed by atoms with van der Waals surface area (Å²) in [5.74, 6) is 0. The number of hydrogen-bond acceptors (Lipinski definition) is 0. The summed E-state index contributed by atoms with van der Waals surface area (Å²) in [6.07, 6.45) is 0. The normalized spacial score (nSPS) is 0. The summed E-state index contributed by atoms with van der Waals surface area (Å²) in [4.78, 5) is 0. The van der Waals surface area contributed by atoms with E-state index in [9.17, 15) is 0 Å². The van der Waals surface area contributed by atoms with Gasteiger partial charge in [0.2, 0.25) is 0 Å². The Kier molecular flexibility index (Phi) is 1190. The maximum absolute atomic E-state index is 0. The average molecular weight is 683 g/mol. The third-order valence-corrected chi connectivity index (χ3v) is 0. The molecule has 8 radical (unpaired) electrons. The molecule has 0 heterocycles. The number of rotatable bonds is 0. The van der Waals surface area contributed by atoms with E-state index in [0.717, 1.165) is 0 Å². The molecule has 0 aromatic carbocycles. The van der Waals surface area contributed by atoms with Gasteiger partial charge in [0, 0.05) is 102 Å². The summed E-state index contributed by atoms with van der Waals surface area (Å²) in [5.41, 5.74) is 0. The smallest absolute Gasteiger partial charge is 2.00 e. The van der Waals surface area contributed by atoms with Gasteiger partial charge in [-0.25, -0.2) is 0 Å². The summed E-state index contributed by atoms with van der Waals surface area (Å²) < 4.78 is 0. The van der Waals surface area contributed by atoms with Gasteiger partial charge in [-0.05, 0) is 0 Å². The van der Waals surface area contributed by atoms with Crippen molar-refractivity contribution < 1.29 is 202 Å². The van der Waals surface area contributed by atoms with Crippen molar-refractivity contribution in [2.75, 3.05) is 0 Å². The average Bonchev–Trinajstić information content (AvgIpc) is 0. The Labute approximate surface area is 197 Å². The van der Waals surface area contributed by atoms with Crippen molar-refractivity contribution in [2.45, 2.75) is 0 Å². The molecule has 3 nitrogen and oxygen atoms in total. The molecule has 0 bridgehead atoms. The van der Waals surface area contributed by atoms with Gasteiger partial charge in [0.1, 0.15) is 0 Å². The standard InChI is InChI=1S/2Ce.2Co.2Cu.2Mn.3O/q2*+3;;;;;;;3*-2. The van der Waals surface area contributed by atoms with E-state index in [1.807, 2.05) is 0 Å². The number of hydrogen-bond donors (Lipinski definition) is 0. The molecule has 11 heteroatoms. The zero-order valence-corrected chi connectivity index (χ0v) is 16.9. The molecule has 0 aromatic heterocycles. The van der Waals surface area contributed by atoms with Gasteiger partial charge in [0.05, 0.1) is 0 Å². The Bertz CT molecular complexity index is 25.3. The Balaban J connectivity index is 0. The molecular formula is Ce2Co2Cu2Mn2O3. The van der Waals surface area contributed by atoms with Crippen LogP contribution < -0.4 is 0 Å². The van der Waals surface area contributed by atoms with E-state index in [2.05, 4.69) is 0 Å². The molecule has 0 rings (SSSR count). The first-order valence-electron chi connectivity index (χ1n) is 0. The molecular weight excluding hydrogens is 683 g/mol. The van der Waals surface area contributed by atoms with Crippen LogP contribution in [0, 0.1) is 83.5 Å². The predicted octanol–water partition coefficient (Wildman–Crippen LogP) is -0.371. The zero-order valence-electron chi connectivity index (χ0n) is 4.25. The molecule has 11 heavy (non-hydrogen) atoms. The molecule has 0 spiro atoms. The second kappa shape index (κ2) is 104. The van der Waals surface area contributed by atoms with Crippen LogP contribution in [0.1, 0.15) is 0 Å². The minimum atomic E-state index is 0. The maximum Gasteiger partial charge on any atom is 3.00 e. The first kappa shape index (κ1) is 126. The van der Waals surface area contributed by atoms with Crippen molar-refractivity contribution >= 4 is 0 Å². The van der Waals surface area contributed by atoms with Crippen molar-refractivity contribution in [1.29, 1.82) is 0 Å².